The third-order valence-corrected chi connectivity index (χ3v) is 5.15. The van der Waals surface area contributed by atoms with Gasteiger partial charge in [-0.05, 0) is 74.5 Å². The van der Waals surface area contributed by atoms with Gasteiger partial charge in [0.05, 0.1) is 11.3 Å². The molecule has 168 valence electrons. The van der Waals surface area contributed by atoms with Crippen molar-refractivity contribution in [2.75, 3.05) is 5.32 Å². The molecule has 4 aromatic rings. The summed E-state index contributed by atoms with van der Waals surface area (Å²) in [5.74, 6) is 1.68. The molecule has 2 heterocycles. The lowest BCUT2D eigenvalue weighted by molar-refractivity contribution is 0.0786. The fourth-order valence-electron chi connectivity index (χ4n) is 3.38. The molecule has 0 fully saturated rings. The van der Waals surface area contributed by atoms with Crippen LogP contribution in [0.2, 0.25) is 0 Å². The number of aliphatic hydroxyl groups is 1. The van der Waals surface area contributed by atoms with E-state index in [1.54, 1.807) is 30.8 Å². The number of hydrogen-bond donors (Lipinski definition) is 3. The molecule has 0 spiro atoms. The van der Waals surface area contributed by atoms with Crippen molar-refractivity contribution in [2.24, 2.45) is 10.7 Å². The van der Waals surface area contributed by atoms with Crippen LogP contribution < -0.4 is 15.8 Å². The van der Waals surface area contributed by atoms with Crippen molar-refractivity contribution in [2.45, 2.75) is 26.4 Å². The molecule has 0 unspecified atom stereocenters. The first-order valence-electron chi connectivity index (χ1n) is 10.4. The number of rotatable bonds is 7. The summed E-state index contributed by atoms with van der Waals surface area (Å²) in [5.41, 5.74) is 9.81. The average molecular weight is 443 g/mol. The van der Waals surface area contributed by atoms with E-state index in [0.29, 0.717) is 34.2 Å². The average Bonchev–Trinajstić information content (AvgIpc) is 3.23. The number of benzene rings is 2. The minimum absolute atomic E-state index is 0.316. The summed E-state index contributed by atoms with van der Waals surface area (Å²) >= 11 is 0. The normalized spacial score (nSPS) is 12.1. The summed E-state index contributed by atoms with van der Waals surface area (Å²) in [6, 6.07) is 14.8. The van der Waals surface area contributed by atoms with Crippen LogP contribution in [0, 0.1) is 6.92 Å². The summed E-state index contributed by atoms with van der Waals surface area (Å²) in [6.07, 6.45) is 4.86. The van der Waals surface area contributed by atoms with E-state index in [9.17, 15) is 5.11 Å². The smallest absolute Gasteiger partial charge is 0.158 e. The first-order chi connectivity index (χ1) is 15.7. The summed E-state index contributed by atoms with van der Waals surface area (Å²) in [5, 5.41) is 17.6. The topological polar surface area (TPSA) is 110 Å². The molecule has 2 aromatic heterocycles. The van der Waals surface area contributed by atoms with Crippen molar-refractivity contribution >= 4 is 22.9 Å². The van der Waals surface area contributed by atoms with Gasteiger partial charge in [0.1, 0.15) is 23.7 Å². The van der Waals surface area contributed by atoms with Gasteiger partial charge in [-0.3, -0.25) is 0 Å². The Balaban J connectivity index is 1.62. The SMILES string of the molecule is C=CNc1ccc(C(C)(C)O)cc1C(N)=Nc1ccc(Oc2ccn3ncnc3c2)c(C)c1. The first-order valence-corrected chi connectivity index (χ1v) is 10.4. The predicted molar refractivity (Wildman–Crippen MR) is 130 cm³/mol. The molecule has 0 aliphatic heterocycles. The van der Waals surface area contributed by atoms with E-state index in [1.165, 1.54) is 6.33 Å². The monoisotopic (exact) mass is 442 g/mol. The minimum Gasteiger partial charge on any atom is -0.457 e. The van der Waals surface area contributed by atoms with Crippen LogP contribution in [-0.2, 0) is 5.60 Å². The quantitative estimate of drug-likeness (QED) is 0.284. The summed E-state index contributed by atoms with van der Waals surface area (Å²) < 4.78 is 7.70. The Morgan fingerprint density at radius 2 is 2.03 bits per heavy atom. The second kappa shape index (κ2) is 8.76. The van der Waals surface area contributed by atoms with Crippen LogP contribution in [0.4, 0.5) is 11.4 Å². The number of anilines is 1. The molecular formula is C25H26N6O2. The minimum atomic E-state index is -1.01. The standard InChI is InChI=1S/C25H26N6O2/c1-5-27-21-8-6-17(25(3,4)32)13-20(21)24(26)30-18-7-9-22(16(2)12-18)33-19-10-11-31-23(14-19)28-15-29-31/h5-15,27,32H,1H2,2-4H3,(H2,26,30). The summed E-state index contributed by atoms with van der Waals surface area (Å²) in [6.45, 7) is 9.11. The van der Waals surface area contributed by atoms with Crippen molar-refractivity contribution in [1.82, 2.24) is 14.6 Å². The molecule has 0 radical (unpaired) electrons. The largest absolute Gasteiger partial charge is 0.457 e. The molecule has 2 aromatic carbocycles. The Kier molecular flexibility index (Phi) is 5.85. The number of hydrogen-bond acceptors (Lipinski definition) is 6. The van der Waals surface area contributed by atoms with Crippen LogP contribution in [0.15, 0.2) is 78.8 Å². The van der Waals surface area contributed by atoms with Crippen LogP contribution >= 0.6 is 0 Å². The van der Waals surface area contributed by atoms with Crippen LogP contribution in [0.1, 0.15) is 30.5 Å². The van der Waals surface area contributed by atoms with Crippen molar-refractivity contribution in [3.8, 4) is 11.5 Å². The molecule has 8 heteroatoms. The van der Waals surface area contributed by atoms with E-state index in [4.69, 9.17) is 10.5 Å². The Morgan fingerprint density at radius 1 is 1.21 bits per heavy atom. The molecule has 0 saturated heterocycles. The maximum atomic E-state index is 10.4. The van der Waals surface area contributed by atoms with Gasteiger partial charge in [0.25, 0.3) is 0 Å². The number of aliphatic imine (C=N–C) groups is 1. The summed E-state index contributed by atoms with van der Waals surface area (Å²) in [4.78, 5) is 8.77. The zero-order chi connectivity index (χ0) is 23.6. The molecule has 0 aliphatic carbocycles. The van der Waals surface area contributed by atoms with Gasteiger partial charge >= 0.3 is 0 Å². The van der Waals surface area contributed by atoms with Crippen LogP contribution in [0.25, 0.3) is 5.65 Å². The molecule has 0 saturated carbocycles. The van der Waals surface area contributed by atoms with E-state index in [2.05, 4.69) is 27.0 Å². The summed E-state index contributed by atoms with van der Waals surface area (Å²) in [7, 11) is 0. The molecule has 4 rings (SSSR count). The van der Waals surface area contributed by atoms with Gasteiger partial charge in [-0.1, -0.05) is 12.6 Å². The van der Waals surface area contributed by atoms with Crippen molar-refractivity contribution in [3.63, 3.8) is 0 Å². The van der Waals surface area contributed by atoms with Gasteiger partial charge in [0.15, 0.2) is 5.65 Å². The van der Waals surface area contributed by atoms with E-state index < -0.39 is 5.60 Å². The van der Waals surface area contributed by atoms with Gasteiger partial charge < -0.3 is 20.9 Å². The molecule has 33 heavy (non-hydrogen) atoms. The Bertz CT molecular complexity index is 1350. The third kappa shape index (κ3) is 4.86. The van der Waals surface area contributed by atoms with Gasteiger partial charge in [-0.15, -0.1) is 0 Å². The fourth-order valence-corrected chi connectivity index (χ4v) is 3.38. The number of pyridine rings is 1. The van der Waals surface area contributed by atoms with E-state index in [-0.39, 0.29) is 0 Å². The molecule has 0 atom stereocenters. The zero-order valence-electron chi connectivity index (χ0n) is 18.8. The second-order valence-corrected chi connectivity index (χ2v) is 8.14. The number of amidine groups is 1. The lowest BCUT2D eigenvalue weighted by Crippen LogP contribution is -2.19. The number of nitrogens with zero attached hydrogens (tertiary/aromatic N) is 4. The number of nitrogens with one attached hydrogen (secondary N) is 1. The Hall–Kier alpha value is -4.17. The molecule has 0 bridgehead atoms. The number of aryl methyl sites for hydroxylation is 1. The van der Waals surface area contributed by atoms with Gasteiger partial charge in [0, 0.05) is 23.5 Å². The highest BCUT2D eigenvalue weighted by Crippen LogP contribution is 2.30. The molecule has 8 nitrogen and oxygen atoms in total. The predicted octanol–water partition coefficient (Wildman–Crippen LogP) is 4.65. The van der Waals surface area contributed by atoms with Gasteiger partial charge in [-0.25, -0.2) is 14.5 Å². The lowest BCUT2D eigenvalue weighted by atomic mass is 9.95. The van der Waals surface area contributed by atoms with Crippen molar-refractivity contribution < 1.29 is 9.84 Å². The number of aromatic nitrogens is 3. The van der Waals surface area contributed by atoms with Crippen LogP contribution in [0.3, 0.4) is 0 Å². The van der Waals surface area contributed by atoms with E-state index in [0.717, 1.165) is 16.8 Å². The second-order valence-electron chi connectivity index (χ2n) is 8.14. The van der Waals surface area contributed by atoms with E-state index >= 15 is 0 Å². The van der Waals surface area contributed by atoms with Crippen molar-refractivity contribution in [3.05, 3.63) is 90.5 Å². The van der Waals surface area contributed by atoms with Crippen molar-refractivity contribution in [1.29, 1.82) is 0 Å². The maximum absolute atomic E-state index is 10.4. The zero-order valence-corrected chi connectivity index (χ0v) is 18.8. The van der Waals surface area contributed by atoms with Gasteiger partial charge in [-0.2, -0.15) is 5.10 Å². The fraction of sp³-hybridized carbons (Fsp3) is 0.160. The third-order valence-electron chi connectivity index (χ3n) is 5.15. The molecular weight excluding hydrogens is 416 g/mol. The highest BCUT2D eigenvalue weighted by atomic mass is 16.5. The van der Waals surface area contributed by atoms with E-state index in [1.807, 2.05) is 55.5 Å². The number of ether oxygens (including phenoxy) is 1. The highest BCUT2D eigenvalue weighted by Gasteiger charge is 2.18. The lowest BCUT2D eigenvalue weighted by Gasteiger charge is -2.20. The van der Waals surface area contributed by atoms with Crippen LogP contribution in [0.5, 0.6) is 11.5 Å². The van der Waals surface area contributed by atoms with Crippen LogP contribution in [-0.4, -0.2) is 25.5 Å². The Labute approximate surface area is 192 Å². The molecule has 4 N–H and O–H groups in total. The van der Waals surface area contributed by atoms with Gasteiger partial charge in [0.2, 0.25) is 0 Å². The molecule has 0 amide bonds. The number of nitrogens with two attached hydrogens (primary N) is 1. The number of fused-ring (bicyclic) bond motifs is 1. The highest BCUT2D eigenvalue weighted by molar-refractivity contribution is 6.04. The maximum Gasteiger partial charge on any atom is 0.158 e. The first kappa shape index (κ1) is 22.0. The molecule has 0 aliphatic rings. The Morgan fingerprint density at radius 3 is 2.76 bits per heavy atom.